The number of hydrogen-bond acceptors (Lipinski definition) is 5. The normalized spacial score (nSPS) is 12.6. The van der Waals surface area contributed by atoms with E-state index in [2.05, 4.69) is 68.1 Å². The second-order valence-corrected chi connectivity index (χ2v) is 8.22. The van der Waals surface area contributed by atoms with Gasteiger partial charge in [-0.2, -0.15) is 0 Å². The highest BCUT2D eigenvalue weighted by molar-refractivity contribution is 8.01. The first-order chi connectivity index (χ1) is 13.5. The highest BCUT2D eigenvalue weighted by Crippen LogP contribution is 2.38. The molecule has 0 saturated heterocycles. The molecule has 2 N–H and O–H groups in total. The van der Waals surface area contributed by atoms with Crippen LogP contribution in [-0.2, 0) is 6.42 Å². The molecule has 0 fully saturated rings. The maximum Gasteiger partial charge on any atom is 0.161 e. The van der Waals surface area contributed by atoms with Crippen LogP contribution >= 0.6 is 11.9 Å². The molecule has 3 rings (SSSR count). The van der Waals surface area contributed by atoms with Crippen LogP contribution in [0.5, 0.6) is 11.5 Å². The summed E-state index contributed by atoms with van der Waals surface area (Å²) in [5, 5.41) is 3.61. The maximum atomic E-state index is 5.78. The molecule has 0 aromatic heterocycles. The second kappa shape index (κ2) is 9.39. The van der Waals surface area contributed by atoms with E-state index in [1.807, 2.05) is 7.05 Å². The monoisotopic (exact) mass is 398 g/mol. The summed E-state index contributed by atoms with van der Waals surface area (Å²) >= 11 is 1.67. The summed E-state index contributed by atoms with van der Waals surface area (Å²) in [6.07, 6.45) is 0.975. The molecule has 0 amide bonds. The minimum absolute atomic E-state index is 0.607. The Balaban J connectivity index is 1.86. The number of ether oxygens (including phenoxy) is 2. The van der Waals surface area contributed by atoms with E-state index in [9.17, 15) is 0 Å². The van der Waals surface area contributed by atoms with Crippen molar-refractivity contribution < 1.29 is 9.47 Å². The summed E-state index contributed by atoms with van der Waals surface area (Å²) in [4.78, 5) is 1.32. The lowest BCUT2D eigenvalue weighted by Gasteiger charge is -2.21. The molecule has 2 aromatic rings. The molecule has 4 nitrogen and oxygen atoms in total. The van der Waals surface area contributed by atoms with Gasteiger partial charge >= 0.3 is 0 Å². The highest BCUT2D eigenvalue weighted by atomic mass is 32.2. The van der Waals surface area contributed by atoms with Crippen molar-refractivity contribution in [2.75, 3.05) is 32.1 Å². The molecule has 0 aliphatic carbocycles. The average Bonchev–Trinajstić information content (AvgIpc) is 2.70. The summed E-state index contributed by atoms with van der Waals surface area (Å²) in [6.45, 7) is 10.7. The first kappa shape index (κ1) is 20.6. The molecule has 0 unspecified atom stereocenters. The zero-order valence-electron chi connectivity index (χ0n) is 17.4. The molecule has 5 heteroatoms. The van der Waals surface area contributed by atoms with Crippen molar-refractivity contribution in [3.8, 4) is 22.6 Å². The molecule has 1 heterocycles. The first-order valence-electron chi connectivity index (χ1n) is 9.80. The average molecular weight is 399 g/mol. The van der Waals surface area contributed by atoms with E-state index < -0.39 is 0 Å². The number of benzene rings is 2. The van der Waals surface area contributed by atoms with E-state index in [0.717, 1.165) is 24.5 Å². The number of allylic oxidation sites excluding steroid dienone is 1. The minimum Gasteiger partial charge on any atom is -0.486 e. The second-order valence-electron chi connectivity index (χ2n) is 7.12. The minimum atomic E-state index is 0.607. The Bertz CT molecular complexity index is 873. The molecule has 2 aromatic carbocycles. The van der Waals surface area contributed by atoms with Crippen LogP contribution in [0.2, 0.25) is 0 Å². The van der Waals surface area contributed by atoms with Gasteiger partial charge in [0.2, 0.25) is 0 Å². The number of anilines is 1. The predicted octanol–water partition coefficient (Wildman–Crippen LogP) is 5.57. The molecular weight excluding hydrogens is 368 g/mol. The van der Waals surface area contributed by atoms with Gasteiger partial charge in [-0.1, -0.05) is 18.6 Å². The van der Waals surface area contributed by atoms with E-state index in [4.69, 9.17) is 9.47 Å². The molecule has 0 radical (unpaired) electrons. The van der Waals surface area contributed by atoms with E-state index in [-0.39, 0.29) is 0 Å². The largest absolute Gasteiger partial charge is 0.486 e. The fraction of sp³-hybridized carbons (Fsp3) is 0.391. The molecule has 0 saturated carbocycles. The zero-order valence-corrected chi connectivity index (χ0v) is 18.3. The van der Waals surface area contributed by atoms with Crippen LogP contribution in [0.4, 0.5) is 5.69 Å². The van der Waals surface area contributed by atoms with Crippen molar-refractivity contribution in [3.05, 3.63) is 51.9 Å². The van der Waals surface area contributed by atoms with Crippen LogP contribution in [0.3, 0.4) is 0 Å². The molecule has 28 heavy (non-hydrogen) atoms. The zero-order chi connectivity index (χ0) is 20.1. The Hall–Kier alpha value is -2.11. The molecule has 1 aliphatic heterocycles. The van der Waals surface area contributed by atoms with Crippen LogP contribution in [0.1, 0.15) is 31.9 Å². The summed E-state index contributed by atoms with van der Waals surface area (Å²) in [5.41, 5.74) is 7.44. The Morgan fingerprint density at radius 3 is 2.43 bits per heavy atom. The Morgan fingerprint density at radius 2 is 1.79 bits per heavy atom. The van der Waals surface area contributed by atoms with Gasteiger partial charge in [0.15, 0.2) is 11.5 Å². The Morgan fingerprint density at radius 1 is 1.07 bits per heavy atom. The molecule has 0 bridgehead atoms. The van der Waals surface area contributed by atoms with Gasteiger partial charge in [0.25, 0.3) is 0 Å². The Kier molecular flexibility index (Phi) is 6.92. The van der Waals surface area contributed by atoms with Gasteiger partial charge in [-0.25, -0.2) is 0 Å². The molecule has 150 valence electrons. The van der Waals surface area contributed by atoms with Crippen molar-refractivity contribution in [2.45, 2.75) is 34.1 Å². The summed E-state index contributed by atoms with van der Waals surface area (Å²) in [5.74, 6) is 1.68. The van der Waals surface area contributed by atoms with E-state index in [1.54, 1.807) is 11.9 Å². The summed E-state index contributed by atoms with van der Waals surface area (Å²) < 4.78 is 14.7. The van der Waals surface area contributed by atoms with Gasteiger partial charge in [-0.05, 0) is 92.7 Å². The topological polar surface area (TPSA) is 42.5 Å². The predicted molar refractivity (Wildman–Crippen MR) is 120 cm³/mol. The highest BCUT2D eigenvalue weighted by Gasteiger charge is 2.16. The third kappa shape index (κ3) is 4.65. The SMILES string of the molecule is CCc1cc(-c2cc3c(cc2C)OCCO3)ccc1NCC(SNC)=C(C)C. The van der Waals surface area contributed by atoms with Crippen molar-refractivity contribution in [1.82, 2.24) is 4.72 Å². The number of aryl methyl sites for hydroxylation is 2. The maximum absolute atomic E-state index is 5.78. The van der Waals surface area contributed by atoms with Crippen molar-refractivity contribution >= 4 is 17.6 Å². The van der Waals surface area contributed by atoms with Crippen molar-refractivity contribution in [2.24, 2.45) is 0 Å². The van der Waals surface area contributed by atoms with Crippen LogP contribution < -0.4 is 19.5 Å². The van der Waals surface area contributed by atoms with Crippen molar-refractivity contribution in [1.29, 1.82) is 0 Å². The molecule has 1 aliphatic rings. The van der Waals surface area contributed by atoms with Gasteiger partial charge in [0.1, 0.15) is 13.2 Å². The smallest absolute Gasteiger partial charge is 0.161 e. The molecule has 0 spiro atoms. The standard InChI is InChI=1S/C23H30N2O2S/c1-6-17-12-18(7-8-20(17)25-14-23(15(2)3)28-24-5)19-13-22-21(11-16(19)4)26-9-10-27-22/h7-8,11-13,24-25H,6,9-10,14H2,1-5H3. The number of fused-ring (bicyclic) bond motifs is 1. The van der Waals surface area contributed by atoms with Gasteiger partial charge in [0.05, 0.1) is 0 Å². The lowest BCUT2D eigenvalue weighted by Crippen LogP contribution is -2.15. The molecular formula is C23H30N2O2S. The van der Waals surface area contributed by atoms with Crippen LogP contribution in [0, 0.1) is 6.92 Å². The molecule has 0 atom stereocenters. The quantitative estimate of drug-likeness (QED) is 0.597. The lowest BCUT2D eigenvalue weighted by atomic mass is 9.96. The van der Waals surface area contributed by atoms with Crippen molar-refractivity contribution in [3.63, 3.8) is 0 Å². The lowest BCUT2D eigenvalue weighted by molar-refractivity contribution is 0.171. The van der Waals surface area contributed by atoms with Crippen LogP contribution in [-0.4, -0.2) is 26.8 Å². The number of nitrogens with one attached hydrogen (secondary N) is 2. The van der Waals surface area contributed by atoms with Crippen LogP contribution in [0.25, 0.3) is 11.1 Å². The van der Waals surface area contributed by atoms with E-state index >= 15 is 0 Å². The number of hydrogen-bond donors (Lipinski definition) is 2. The fourth-order valence-electron chi connectivity index (χ4n) is 3.34. The summed E-state index contributed by atoms with van der Waals surface area (Å²) in [7, 11) is 1.95. The number of rotatable bonds is 7. The van der Waals surface area contributed by atoms with E-state index in [0.29, 0.717) is 13.2 Å². The first-order valence-corrected chi connectivity index (χ1v) is 10.6. The van der Waals surface area contributed by atoms with Gasteiger partial charge in [-0.15, -0.1) is 0 Å². The third-order valence-electron chi connectivity index (χ3n) is 4.91. The third-order valence-corrected chi connectivity index (χ3v) is 5.91. The van der Waals surface area contributed by atoms with Gasteiger partial charge in [0, 0.05) is 17.1 Å². The van der Waals surface area contributed by atoms with E-state index in [1.165, 1.54) is 38.4 Å². The van der Waals surface area contributed by atoms with Gasteiger partial charge in [-0.3, -0.25) is 4.72 Å². The fourth-order valence-corrected chi connectivity index (χ4v) is 3.94. The van der Waals surface area contributed by atoms with Gasteiger partial charge < -0.3 is 14.8 Å². The summed E-state index contributed by atoms with van der Waals surface area (Å²) in [6, 6.07) is 10.9. The van der Waals surface area contributed by atoms with Crippen LogP contribution in [0.15, 0.2) is 40.8 Å². The Labute approximate surface area is 172 Å².